The van der Waals surface area contributed by atoms with Gasteiger partial charge in [0.1, 0.15) is 0 Å². The minimum atomic E-state index is 0.0277. The van der Waals surface area contributed by atoms with Crippen LogP contribution in [0.2, 0.25) is 15.1 Å². The topological polar surface area (TPSA) is 12.0 Å². The maximum Gasteiger partial charge on any atom is 0.0578 e. The molecule has 100 valence electrons. The quantitative estimate of drug-likeness (QED) is 0.802. The van der Waals surface area contributed by atoms with E-state index in [4.69, 9.17) is 34.8 Å². The molecule has 1 nitrogen and oxygen atoms in total. The van der Waals surface area contributed by atoms with Crippen molar-refractivity contribution in [2.24, 2.45) is 0 Å². The van der Waals surface area contributed by atoms with Gasteiger partial charge in [-0.3, -0.25) is 0 Å². The summed E-state index contributed by atoms with van der Waals surface area (Å²) in [5.74, 6) is 0. The van der Waals surface area contributed by atoms with Gasteiger partial charge >= 0.3 is 0 Å². The average molecular weight is 315 g/mol. The van der Waals surface area contributed by atoms with Crippen molar-refractivity contribution >= 4 is 34.8 Å². The Labute approximate surface area is 128 Å². The lowest BCUT2D eigenvalue weighted by atomic mass is 9.99. The molecule has 1 unspecified atom stereocenters. The molecule has 2 aromatic rings. The molecule has 1 atom stereocenters. The van der Waals surface area contributed by atoms with Gasteiger partial charge in [-0.05, 0) is 48.0 Å². The number of hydrogen-bond acceptors (Lipinski definition) is 1. The highest BCUT2D eigenvalue weighted by atomic mass is 35.5. The first-order chi connectivity index (χ1) is 9.10. The van der Waals surface area contributed by atoms with Crippen molar-refractivity contribution in [3.05, 3.63) is 68.7 Å². The van der Waals surface area contributed by atoms with Gasteiger partial charge in [-0.2, -0.15) is 0 Å². The van der Waals surface area contributed by atoms with Crippen molar-refractivity contribution in [1.82, 2.24) is 5.32 Å². The molecule has 0 aliphatic rings. The summed E-state index contributed by atoms with van der Waals surface area (Å²) < 4.78 is 0. The second-order valence-electron chi connectivity index (χ2n) is 4.25. The van der Waals surface area contributed by atoms with Gasteiger partial charge < -0.3 is 5.32 Å². The van der Waals surface area contributed by atoms with E-state index in [1.165, 1.54) is 0 Å². The van der Waals surface area contributed by atoms with Gasteiger partial charge in [0.25, 0.3) is 0 Å². The fraction of sp³-hybridized carbons (Fsp3) is 0.200. The molecule has 0 fully saturated rings. The van der Waals surface area contributed by atoms with Crippen LogP contribution in [0.3, 0.4) is 0 Å². The molecule has 4 heteroatoms. The first-order valence-corrected chi connectivity index (χ1v) is 7.18. The molecule has 0 aromatic heterocycles. The van der Waals surface area contributed by atoms with Gasteiger partial charge in [-0.15, -0.1) is 0 Å². The molecule has 0 radical (unpaired) electrons. The zero-order valence-corrected chi connectivity index (χ0v) is 12.7. The summed E-state index contributed by atoms with van der Waals surface area (Å²) >= 11 is 18.2. The first-order valence-electron chi connectivity index (χ1n) is 6.05. The van der Waals surface area contributed by atoms with Crippen molar-refractivity contribution in [3.8, 4) is 0 Å². The molecule has 0 aliphatic carbocycles. The van der Waals surface area contributed by atoms with Crippen LogP contribution in [0.15, 0.2) is 42.5 Å². The SMILES string of the molecule is CCNC(c1cccc(Cl)c1)c1cc(Cl)cc(Cl)c1. The Morgan fingerprint density at radius 2 is 1.53 bits per heavy atom. The molecule has 0 aliphatic heterocycles. The molecule has 19 heavy (non-hydrogen) atoms. The highest BCUT2D eigenvalue weighted by molar-refractivity contribution is 6.34. The molecule has 1 N–H and O–H groups in total. The highest BCUT2D eigenvalue weighted by Gasteiger charge is 2.14. The molecular weight excluding hydrogens is 301 g/mol. The summed E-state index contributed by atoms with van der Waals surface area (Å²) in [5.41, 5.74) is 2.12. The highest BCUT2D eigenvalue weighted by Crippen LogP contribution is 2.29. The summed E-state index contributed by atoms with van der Waals surface area (Å²) in [4.78, 5) is 0. The van der Waals surface area contributed by atoms with E-state index in [-0.39, 0.29) is 6.04 Å². The third-order valence-corrected chi connectivity index (χ3v) is 3.48. The van der Waals surface area contributed by atoms with Gasteiger partial charge in [-0.25, -0.2) is 0 Å². The minimum Gasteiger partial charge on any atom is -0.307 e. The number of halogens is 3. The van der Waals surface area contributed by atoms with Crippen LogP contribution in [0.4, 0.5) is 0 Å². The number of rotatable bonds is 4. The lowest BCUT2D eigenvalue weighted by Gasteiger charge is -2.19. The molecule has 0 saturated carbocycles. The first kappa shape index (κ1) is 14.7. The summed E-state index contributed by atoms with van der Waals surface area (Å²) in [6.45, 7) is 2.89. The molecule has 0 spiro atoms. The van der Waals surface area contributed by atoms with Gasteiger partial charge in [0, 0.05) is 15.1 Å². The third-order valence-electron chi connectivity index (χ3n) is 2.81. The molecule has 0 bridgehead atoms. The van der Waals surface area contributed by atoms with Crippen LogP contribution in [0, 0.1) is 0 Å². The molecule has 2 aromatic carbocycles. The number of hydrogen-bond donors (Lipinski definition) is 1. The van der Waals surface area contributed by atoms with E-state index in [2.05, 4.69) is 12.2 Å². The van der Waals surface area contributed by atoms with Crippen molar-refractivity contribution in [2.45, 2.75) is 13.0 Å². The fourth-order valence-corrected chi connectivity index (χ4v) is 2.80. The lowest BCUT2D eigenvalue weighted by Crippen LogP contribution is -2.22. The Kier molecular flexibility index (Phi) is 5.12. The molecule has 0 amide bonds. The van der Waals surface area contributed by atoms with Crippen LogP contribution in [-0.2, 0) is 0 Å². The summed E-state index contributed by atoms with van der Waals surface area (Å²) in [7, 11) is 0. The summed E-state index contributed by atoms with van der Waals surface area (Å²) in [6, 6.07) is 13.4. The zero-order chi connectivity index (χ0) is 13.8. The monoisotopic (exact) mass is 313 g/mol. The van der Waals surface area contributed by atoms with Gasteiger partial charge in [-0.1, -0.05) is 53.9 Å². The summed E-state index contributed by atoms with van der Waals surface area (Å²) in [6.07, 6.45) is 0. The maximum absolute atomic E-state index is 6.07. The Bertz CT molecular complexity index is 549. The second kappa shape index (κ2) is 6.62. The van der Waals surface area contributed by atoms with Crippen LogP contribution in [0.5, 0.6) is 0 Å². The van der Waals surface area contributed by atoms with Crippen LogP contribution in [0.25, 0.3) is 0 Å². The minimum absolute atomic E-state index is 0.0277. The smallest absolute Gasteiger partial charge is 0.0578 e. The van der Waals surface area contributed by atoms with Crippen molar-refractivity contribution in [1.29, 1.82) is 0 Å². The Morgan fingerprint density at radius 3 is 2.11 bits per heavy atom. The average Bonchev–Trinajstić information content (AvgIpc) is 2.34. The molecule has 2 rings (SSSR count). The van der Waals surface area contributed by atoms with Crippen LogP contribution < -0.4 is 5.32 Å². The fourth-order valence-electron chi connectivity index (χ4n) is 2.06. The number of benzene rings is 2. The molecule has 0 saturated heterocycles. The predicted octanol–water partition coefficient (Wildman–Crippen LogP) is 5.35. The van der Waals surface area contributed by atoms with E-state index in [9.17, 15) is 0 Å². The number of nitrogens with one attached hydrogen (secondary N) is 1. The van der Waals surface area contributed by atoms with E-state index < -0.39 is 0 Å². The molecule has 0 heterocycles. The normalized spacial score (nSPS) is 12.4. The van der Waals surface area contributed by atoms with Crippen molar-refractivity contribution in [3.63, 3.8) is 0 Å². The van der Waals surface area contributed by atoms with E-state index >= 15 is 0 Å². The van der Waals surface area contributed by atoms with E-state index in [0.29, 0.717) is 15.1 Å². The standard InChI is InChI=1S/C15H14Cl3N/c1-2-19-15(10-4-3-5-12(16)6-10)11-7-13(17)9-14(18)8-11/h3-9,15,19H,2H2,1H3. The van der Waals surface area contributed by atoms with Gasteiger partial charge in [0.05, 0.1) is 6.04 Å². The Balaban J connectivity index is 2.44. The van der Waals surface area contributed by atoms with E-state index in [0.717, 1.165) is 17.7 Å². The van der Waals surface area contributed by atoms with Crippen molar-refractivity contribution < 1.29 is 0 Å². The lowest BCUT2D eigenvalue weighted by molar-refractivity contribution is 0.631. The second-order valence-corrected chi connectivity index (χ2v) is 5.56. The van der Waals surface area contributed by atoms with Crippen LogP contribution in [0.1, 0.15) is 24.1 Å². The maximum atomic E-state index is 6.07. The Morgan fingerprint density at radius 1 is 0.895 bits per heavy atom. The van der Waals surface area contributed by atoms with E-state index in [1.807, 2.05) is 36.4 Å². The van der Waals surface area contributed by atoms with Crippen molar-refractivity contribution in [2.75, 3.05) is 6.54 Å². The van der Waals surface area contributed by atoms with E-state index in [1.54, 1.807) is 6.07 Å². The van der Waals surface area contributed by atoms with Crippen LogP contribution in [-0.4, -0.2) is 6.54 Å². The zero-order valence-electron chi connectivity index (χ0n) is 10.5. The predicted molar refractivity (Wildman–Crippen MR) is 83.4 cm³/mol. The van der Waals surface area contributed by atoms with Crippen LogP contribution >= 0.6 is 34.8 Å². The third kappa shape index (κ3) is 3.87. The van der Waals surface area contributed by atoms with Gasteiger partial charge in [0.2, 0.25) is 0 Å². The van der Waals surface area contributed by atoms with Gasteiger partial charge in [0.15, 0.2) is 0 Å². The Hall–Kier alpha value is -0.730. The molecular formula is C15H14Cl3N. The summed E-state index contributed by atoms with van der Waals surface area (Å²) in [5, 5.41) is 5.40. The largest absolute Gasteiger partial charge is 0.307 e.